The highest BCUT2D eigenvalue weighted by Crippen LogP contribution is 2.32. The predicted octanol–water partition coefficient (Wildman–Crippen LogP) is 3.38. The van der Waals surface area contributed by atoms with Crippen LogP contribution in [-0.2, 0) is 26.0 Å². The van der Waals surface area contributed by atoms with Crippen molar-refractivity contribution >= 4 is 21.7 Å². The minimum Gasteiger partial charge on any atom is -0.496 e. The summed E-state index contributed by atoms with van der Waals surface area (Å²) in [6.45, 7) is 3.02. The van der Waals surface area contributed by atoms with Crippen molar-refractivity contribution in [2.24, 2.45) is 0 Å². The van der Waals surface area contributed by atoms with E-state index in [-0.39, 0.29) is 35.2 Å². The highest BCUT2D eigenvalue weighted by atomic mass is 32.2. The van der Waals surface area contributed by atoms with Crippen molar-refractivity contribution in [1.29, 1.82) is 0 Å². The molecule has 9 heteroatoms. The van der Waals surface area contributed by atoms with Crippen LogP contribution in [0.1, 0.15) is 30.4 Å². The smallest absolute Gasteiger partial charge is 0.241 e. The van der Waals surface area contributed by atoms with Crippen LogP contribution in [0.3, 0.4) is 0 Å². The van der Waals surface area contributed by atoms with Gasteiger partial charge in [-0.1, -0.05) is 54.6 Å². The molecule has 0 saturated carbocycles. The number of benzene rings is 3. The van der Waals surface area contributed by atoms with Gasteiger partial charge in [-0.05, 0) is 35.7 Å². The van der Waals surface area contributed by atoms with E-state index in [4.69, 9.17) is 4.74 Å². The number of ether oxygens (including phenoxy) is 1. The molecule has 1 heterocycles. The van der Waals surface area contributed by atoms with Gasteiger partial charge in [0.2, 0.25) is 11.8 Å². The van der Waals surface area contributed by atoms with Gasteiger partial charge in [-0.3, -0.25) is 9.59 Å². The summed E-state index contributed by atoms with van der Waals surface area (Å²) in [6.07, 6.45) is 1.96. The molecule has 3 aromatic carbocycles. The van der Waals surface area contributed by atoms with Crippen molar-refractivity contribution in [2.75, 3.05) is 33.0 Å². The van der Waals surface area contributed by atoms with Crippen LogP contribution in [0.25, 0.3) is 11.1 Å². The van der Waals surface area contributed by atoms with E-state index in [0.717, 1.165) is 23.1 Å². The normalized spacial score (nSPS) is 17.5. The van der Waals surface area contributed by atoms with Crippen molar-refractivity contribution in [3.8, 4) is 16.9 Å². The van der Waals surface area contributed by atoms with Crippen LogP contribution in [0.2, 0.25) is 0 Å². The van der Waals surface area contributed by atoms with Crippen molar-refractivity contribution in [1.82, 2.24) is 15.5 Å². The molecule has 2 amide bonds. The van der Waals surface area contributed by atoms with Crippen LogP contribution >= 0.6 is 0 Å². The first kappa shape index (κ1) is 28.3. The lowest BCUT2D eigenvalue weighted by atomic mass is 9.85. The fraction of sp³-hybridized carbons (Fsp3) is 0.333. The maximum atomic E-state index is 12.8. The van der Waals surface area contributed by atoms with Crippen molar-refractivity contribution in [3.63, 3.8) is 0 Å². The molecule has 0 bridgehead atoms. The zero-order chi connectivity index (χ0) is 28.0. The number of nitrogens with one attached hydrogen (secondary N) is 2. The molecule has 0 radical (unpaired) electrons. The summed E-state index contributed by atoms with van der Waals surface area (Å²) in [6, 6.07) is 22.9. The molecule has 8 nitrogen and oxygen atoms in total. The average molecular weight is 550 g/mol. The van der Waals surface area contributed by atoms with Gasteiger partial charge < -0.3 is 20.3 Å². The van der Waals surface area contributed by atoms with Gasteiger partial charge in [-0.15, -0.1) is 0 Å². The van der Waals surface area contributed by atoms with Crippen LogP contribution in [0.4, 0.5) is 0 Å². The number of hydrogen-bond donors (Lipinski definition) is 2. The molecule has 2 N–H and O–H groups in total. The fourth-order valence-corrected chi connectivity index (χ4v) is 6.04. The number of carbonyl (C=O) groups is 2. The molecule has 4 rings (SSSR count). The van der Waals surface area contributed by atoms with E-state index < -0.39 is 9.84 Å². The number of likely N-dealkylation sites (tertiary alicyclic amines) is 1. The van der Waals surface area contributed by atoms with Gasteiger partial charge in [0.25, 0.3) is 0 Å². The number of methoxy groups -OCH3 is 1. The predicted molar refractivity (Wildman–Crippen MR) is 151 cm³/mol. The van der Waals surface area contributed by atoms with E-state index in [1.165, 1.54) is 13.2 Å². The monoisotopic (exact) mass is 549 g/mol. The van der Waals surface area contributed by atoms with E-state index in [1.807, 2.05) is 53.4 Å². The molecule has 1 fully saturated rings. The number of carbonyl (C=O) groups excluding carboxylic acids is 2. The Labute approximate surface area is 230 Å². The molecule has 1 saturated heterocycles. The first-order valence-corrected chi connectivity index (χ1v) is 14.8. The Kier molecular flexibility index (Phi) is 9.04. The number of sulfone groups is 1. The van der Waals surface area contributed by atoms with Gasteiger partial charge in [0, 0.05) is 55.9 Å². The Morgan fingerprint density at radius 2 is 1.74 bits per heavy atom. The molecule has 1 aliphatic heterocycles. The van der Waals surface area contributed by atoms with Gasteiger partial charge in [0.15, 0.2) is 9.84 Å². The van der Waals surface area contributed by atoms with E-state index in [9.17, 15) is 18.0 Å². The molecule has 2 atom stereocenters. The zero-order valence-electron chi connectivity index (χ0n) is 22.5. The Hall–Kier alpha value is -3.69. The van der Waals surface area contributed by atoms with Crippen molar-refractivity contribution in [3.05, 3.63) is 83.9 Å². The first-order valence-electron chi connectivity index (χ1n) is 12.9. The molecule has 0 spiro atoms. The summed E-state index contributed by atoms with van der Waals surface area (Å²) in [5, 5.41) is 6.29. The molecule has 39 heavy (non-hydrogen) atoms. The van der Waals surface area contributed by atoms with Crippen LogP contribution in [-0.4, -0.2) is 64.2 Å². The van der Waals surface area contributed by atoms with Gasteiger partial charge in [-0.2, -0.15) is 0 Å². The Bertz CT molecular complexity index is 1430. The molecular weight excluding hydrogens is 514 g/mol. The third-order valence-corrected chi connectivity index (χ3v) is 8.27. The second-order valence-electron chi connectivity index (χ2n) is 9.84. The summed E-state index contributed by atoms with van der Waals surface area (Å²) in [5.74, 6) is 0.446. The lowest BCUT2D eigenvalue weighted by molar-refractivity contribution is -0.133. The van der Waals surface area contributed by atoms with Gasteiger partial charge in [-0.25, -0.2) is 8.42 Å². The lowest BCUT2D eigenvalue weighted by Gasteiger charge is -2.39. The maximum absolute atomic E-state index is 12.8. The van der Waals surface area contributed by atoms with Crippen LogP contribution in [0, 0.1) is 0 Å². The summed E-state index contributed by atoms with van der Waals surface area (Å²) in [5.41, 5.74) is 3.49. The molecule has 3 aromatic rings. The second-order valence-corrected chi connectivity index (χ2v) is 11.8. The second kappa shape index (κ2) is 12.4. The van der Waals surface area contributed by atoms with Crippen molar-refractivity contribution in [2.45, 2.75) is 36.7 Å². The van der Waals surface area contributed by atoms with Gasteiger partial charge >= 0.3 is 0 Å². The van der Waals surface area contributed by atoms with E-state index >= 15 is 0 Å². The quantitative estimate of drug-likeness (QED) is 0.424. The minimum absolute atomic E-state index is 0.00607. The Morgan fingerprint density at radius 1 is 1.03 bits per heavy atom. The molecule has 1 aliphatic rings. The SMILES string of the molecule is COc1ccc(-c2ccccc2S(C)(=O)=O)cc1CNC1CCN(C(=O)CNC(C)=O)CC1c1ccccc1. The highest BCUT2D eigenvalue weighted by molar-refractivity contribution is 7.90. The minimum atomic E-state index is -3.40. The van der Waals surface area contributed by atoms with E-state index in [2.05, 4.69) is 22.8 Å². The highest BCUT2D eigenvalue weighted by Gasteiger charge is 2.32. The Balaban J connectivity index is 1.57. The topological polar surface area (TPSA) is 105 Å². The zero-order valence-corrected chi connectivity index (χ0v) is 23.3. The fourth-order valence-electron chi connectivity index (χ4n) is 5.13. The molecule has 0 aromatic heterocycles. The number of hydrogen-bond acceptors (Lipinski definition) is 6. The van der Waals surface area contributed by atoms with Crippen molar-refractivity contribution < 1.29 is 22.7 Å². The number of piperidine rings is 1. The van der Waals surface area contributed by atoms with E-state index in [0.29, 0.717) is 30.9 Å². The summed E-state index contributed by atoms with van der Waals surface area (Å²) < 4.78 is 30.4. The third-order valence-electron chi connectivity index (χ3n) is 7.11. The lowest BCUT2D eigenvalue weighted by Crippen LogP contribution is -2.51. The summed E-state index contributed by atoms with van der Waals surface area (Å²) >= 11 is 0. The summed E-state index contributed by atoms with van der Waals surface area (Å²) in [4.78, 5) is 26.1. The van der Waals surface area contributed by atoms with Crippen LogP contribution in [0.5, 0.6) is 5.75 Å². The summed E-state index contributed by atoms with van der Waals surface area (Å²) in [7, 11) is -1.78. The molecule has 0 aliphatic carbocycles. The molecule has 206 valence electrons. The first-order chi connectivity index (χ1) is 18.7. The number of rotatable bonds is 9. The van der Waals surface area contributed by atoms with Crippen LogP contribution < -0.4 is 15.4 Å². The van der Waals surface area contributed by atoms with Crippen LogP contribution in [0.15, 0.2) is 77.7 Å². The average Bonchev–Trinajstić information content (AvgIpc) is 2.94. The number of nitrogens with zero attached hydrogens (tertiary/aromatic N) is 1. The molecule has 2 unspecified atom stereocenters. The Morgan fingerprint density at radius 3 is 2.44 bits per heavy atom. The van der Waals surface area contributed by atoms with E-state index in [1.54, 1.807) is 19.2 Å². The molecular formula is C30H35N3O5S. The maximum Gasteiger partial charge on any atom is 0.241 e. The standard InChI is InChI=1S/C30H35N3O5S/c1-21(34)31-19-30(35)33-16-15-27(26(20-33)22-9-5-4-6-10-22)32-18-24-17-23(13-14-28(24)38-2)25-11-7-8-12-29(25)39(3,36)37/h4-14,17,26-27,32H,15-16,18-20H2,1-3H3,(H,31,34). The third kappa shape index (κ3) is 7.04. The number of amides is 2. The van der Waals surface area contributed by atoms with Gasteiger partial charge in [0.1, 0.15) is 5.75 Å². The largest absolute Gasteiger partial charge is 0.496 e. The van der Waals surface area contributed by atoms with Gasteiger partial charge in [0.05, 0.1) is 18.6 Å².